The van der Waals surface area contributed by atoms with Crippen molar-refractivity contribution in [2.24, 2.45) is 0 Å². The van der Waals surface area contributed by atoms with Gasteiger partial charge in [0.1, 0.15) is 17.8 Å². The monoisotopic (exact) mass is 437 g/mol. The zero-order valence-electron chi connectivity index (χ0n) is 17.6. The molecule has 3 aliphatic heterocycles. The summed E-state index contributed by atoms with van der Waals surface area (Å²) in [5.41, 5.74) is 3.83. The maximum atomic E-state index is 14.1. The van der Waals surface area contributed by atoms with E-state index in [1.165, 1.54) is 0 Å². The van der Waals surface area contributed by atoms with Gasteiger partial charge in [0.2, 0.25) is 12.7 Å². The average molecular weight is 437 g/mol. The summed E-state index contributed by atoms with van der Waals surface area (Å²) in [7, 11) is 0. The molecule has 1 amide bonds. The maximum absolute atomic E-state index is 14.1. The number of benzene rings is 3. The number of amides is 1. The van der Waals surface area contributed by atoms with E-state index in [-0.39, 0.29) is 19.3 Å². The van der Waals surface area contributed by atoms with E-state index in [9.17, 15) is 4.79 Å². The number of anilines is 1. The van der Waals surface area contributed by atoms with E-state index >= 15 is 0 Å². The van der Waals surface area contributed by atoms with Gasteiger partial charge < -0.3 is 19.1 Å². The molecule has 162 valence electrons. The van der Waals surface area contributed by atoms with Crippen molar-refractivity contribution in [1.29, 1.82) is 0 Å². The number of nitrogens with zero attached hydrogens (tertiary/aromatic N) is 3. The Morgan fingerprint density at radius 3 is 2.52 bits per heavy atom. The highest BCUT2D eigenvalue weighted by Gasteiger charge is 2.57. The van der Waals surface area contributed by atoms with Gasteiger partial charge >= 0.3 is 0 Å². The fourth-order valence-corrected chi connectivity index (χ4v) is 5.08. The zero-order chi connectivity index (χ0) is 22.0. The SMILES string of the molecule is O=C1N(Cc2ccc(-n3cccn3)cc2)c2ccccc2C12COc1cc3c(cc12)OCO3. The molecule has 1 unspecified atom stereocenters. The van der Waals surface area contributed by atoms with E-state index in [1.54, 1.807) is 6.20 Å². The lowest BCUT2D eigenvalue weighted by Gasteiger charge is -2.23. The predicted molar refractivity (Wildman–Crippen MR) is 120 cm³/mol. The molecular formula is C26H19N3O4. The normalized spacial score (nSPS) is 19.6. The van der Waals surface area contributed by atoms with Crippen LogP contribution in [0.5, 0.6) is 17.2 Å². The van der Waals surface area contributed by atoms with Crippen LogP contribution in [0, 0.1) is 0 Å². The van der Waals surface area contributed by atoms with Gasteiger partial charge in [0, 0.05) is 29.7 Å². The molecule has 1 aromatic heterocycles. The zero-order valence-corrected chi connectivity index (χ0v) is 17.6. The van der Waals surface area contributed by atoms with E-state index < -0.39 is 5.41 Å². The Bertz CT molecular complexity index is 1400. The molecule has 0 bridgehead atoms. The van der Waals surface area contributed by atoms with Gasteiger partial charge in [-0.05, 0) is 41.5 Å². The van der Waals surface area contributed by atoms with Crippen molar-refractivity contribution >= 4 is 11.6 Å². The minimum Gasteiger partial charge on any atom is -0.491 e. The first-order chi connectivity index (χ1) is 16.2. The van der Waals surface area contributed by atoms with Gasteiger partial charge in [-0.1, -0.05) is 30.3 Å². The first-order valence-corrected chi connectivity index (χ1v) is 10.8. The van der Waals surface area contributed by atoms with Gasteiger partial charge in [0.05, 0.1) is 12.2 Å². The number of hydrogen-bond acceptors (Lipinski definition) is 5. The van der Waals surface area contributed by atoms with Gasteiger partial charge in [-0.25, -0.2) is 4.68 Å². The third-order valence-electron chi connectivity index (χ3n) is 6.69. The molecule has 33 heavy (non-hydrogen) atoms. The fraction of sp³-hybridized carbons (Fsp3) is 0.154. The van der Waals surface area contributed by atoms with Crippen molar-refractivity contribution in [2.45, 2.75) is 12.0 Å². The number of fused-ring (bicyclic) bond motifs is 5. The van der Waals surface area contributed by atoms with Crippen molar-refractivity contribution in [3.63, 3.8) is 0 Å². The van der Waals surface area contributed by atoms with Crippen LogP contribution in [0.4, 0.5) is 5.69 Å². The highest BCUT2D eigenvalue weighted by atomic mass is 16.7. The van der Waals surface area contributed by atoms with Gasteiger partial charge in [-0.15, -0.1) is 0 Å². The average Bonchev–Trinajstić information content (AvgIpc) is 3.64. The summed E-state index contributed by atoms with van der Waals surface area (Å²) in [5.74, 6) is 1.99. The fourth-order valence-electron chi connectivity index (χ4n) is 5.08. The molecule has 0 saturated heterocycles. The van der Waals surface area contributed by atoms with E-state index in [0.29, 0.717) is 23.8 Å². The highest BCUT2D eigenvalue weighted by Crippen LogP contribution is 2.55. The van der Waals surface area contributed by atoms with Crippen LogP contribution in [0.25, 0.3) is 5.69 Å². The van der Waals surface area contributed by atoms with Crippen LogP contribution >= 0.6 is 0 Å². The van der Waals surface area contributed by atoms with Crippen LogP contribution in [0.3, 0.4) is 0 Å². The number of carbonyl (C=O) groups excluding carboxylic acids is 1. The van der Waals surface area contributed by atoms with E-state index in [1.807, 2.05) is 82.5 Å². The van der Waals surface area contributed by atoms with Gasteiger partial charge in [-0.3, -0.25) is 4.79 Å². The van der Waals surface area contributed by atoms with Crippen molar-refractivity contribution in [3.05, 3.63) is 95.8 Å². The van der Waals surface area contributed by atoms with Crippen LogP contribution in [0.15, 0.2) is 79.1 Å². The third-order valence-corrected chi connectivity index (χ3v) is 6.69. The molecule has 1 spiro atoms. The summed E-state index contributed by atoms with van der Waals surface area (Å²) < 4.78 is 19.0. The molecule has 4 heterocycles. The molecule has 7 nitrogen and oxygen atoms in total. The summed E-state index contributed by atoms with van der Waals surface area (Å²) in [6.07, 6.45) is 3.66. The molecule has 7 heteroatoms. The topological polar surface area (TPSA) is 65.8 Å². The highest BCUT2D eigenvalue weighted by molar-refractivity contribution is 6.11. The lowest BCUT2D eigenvalue weighted by molar-refractivity contribution is -0.122. The summed E-state index contributed by atoms with van der Waals surface area (Å²) in [5, 5.41) is 4.27. The minimum absolute atomic E-state index is 0.0115. The Morgan fingerprint density at radius 2 is 1.70 bits per heavy atom. The quantitative estimate of drug-likeness (QED) is 0.488. The molecule has 1 atom stereocenters. The Hall–Kier alpha value is -4.26. The largest absolute Gasteiger partial charge is 0.491 e. The van der Waals surface area contributed by atoms with Crippen molar-refractivity contribution in [1.82, 2.24) is 9.78 Å². The molecule has 0 N–H and O–H groups in total. The predicted octanol–water partition coefficient (Wildman–Crippen LogP) is 3.83. The van der Waals surface area contributed by atoms with Gasteiger partial charge in [-0.2, -0.15) is 5.10 Å². The Balaban J connectivity index is 1.29. The van der Waals surface area contributed by atoms with Gasteiger partial charge in [0.25, 0.3) is 0 Å². The van der Waals surface area contributed by atoms with E-state index in [0.717, 1.165) is 28.1 Å². The third kappa shape index (κ3) is 2.50. The van der Waals surface area contributed by atoms with E-state index in [4.69, 9.17) is 14.2 Å². The molecule has 3 aromatic carbocycles. The summed E-state index contributed by atoms with van der Waals surface area (Å²) in [4.78, 5) is 15.9. The first-order valence-electron chi connectivity index (χ1n) is 10.8. The van der Waals surface area contributed by atoms with E-state index in [2.05, 4.69) is 5.10 Å². The smallest absolute Gasteiger partial charge is 0.246 e. The van der Waals surface area contributed by atoms with Crippen molar-refractivity contribution in [2.75, 3.05) is 18.3 Å². The lowest BCUT2D eigenvalue weighted by Crippen LogP contribution is -2.42. The number of hydrogen-bond donors (Lipinski definition) is 0. The molecule has 3 aliphatic rings. The van der Waals surface area contributed by atoms with Crippen LogP contribution in [0.1, 0.15) is 16.7 Å². The van der Waals surface area contributed by atoms with Crippen LogP contribution < -0.4 is 19.1 Å². The molecule has 0 aliphatic carbocycles. The van der Waals surface area contributed by atoms with Crippen LogP contribution in [-0.4, -0.2) is 29.1 Å². The van der Waals surface area contributed by atoms with Crippen molar-refractivity contribution in [3.8, 4) is 22.9 Å². The first kappa shape index (κ1) is 18.3. The Kier molecular flexibility index (Phi) is 3.68. The lowest BCUT2D eigenvalue weighted by atomic mass is 9.77. The molecule has 0 radical (unpaired) electrons. The molecule has 4 aromatic rings. The summed E-state index contributed by atoms with van der Waals surface area (Å²) in [6.45, 7) is 0.906. The second kappa shape index (κ2) is 6.62. The number of para-hydroxylation sites is 1. The number of rotatable bonds is 3. The minimum atomic E-state index is -0.887. The van der Waals surface area contributed by atoms with Crippen LogP contribution in [0.2, 0.25) is 0 Å². The Labute approximate surface area is 189 Å². The molecule has 0 fully saturated rings. The molecule has 0 saturated carbocycles. The summed E-state index contributed by atoms with van der Waals surface area (Å²) >= 11 is 0. The summed E-state index contributed by atoms with van der Waals surface area (Å²) in [6, 6.07) is 21.7. The van der Waals surface area contributed by atoms with Crippen molar-refractivity contribution < 1.29 is 19.0 Å². The number of carbonyl (C=O) groups is 1. The molecular weight excluding hydrogens is 418 g/mol. The maximum Gasteiger partial charge on any atom is 0.246 e. The standard InChI is InChI=1S/C26H19N3O4/c30-25-26(15-31-22-13-24-23(12-20(22)26)32-16-33-24)19-4-1-2-5-21(19)28(25)14-17-6-8-18(9-7-17)29-11-3-10-27-29/h1-13H,14-16H2. The molecule has 7 rings (SSSR count). The second-order valence-corrected chi connectivity index (χ2v) is 8.42. The Morgan fingerprint density at radius 1 is 0.879 bits per heavy atom. The number of aromatic nitrogens is 2. The second-order valence-electron chi connectivity index (χ2n) is 8.42. The number of ether oxygens (including phenoxy) is 3. The van der Waals surface area contributed by atoms with Crippen LogP contribution in [-0.2, 0) is 16.8 Å². The van der Waals surface area contributed by atoms with Gasteiger partial charge in [0.15, 0.2) is 11.5 Å².